The quantitative estimate of drug-likeness (QED) is 0.0789. The fourth-order valence-corrected chi connectivity index (χ4v) is 13.9. The van der Waals surface area contributed by atoms with E-state index in [-0.39, 0.29) is 41.2 Å². The highest BCUT2D eigenvalue weighted by Gasteiger charge is 2.38. The summed E-state index contributed by atoms with van der Waals surface area (Å²) < 4.78 is 23.1. The molecule has 9 heterocycles. The van der Waals surface area contributed by atoms with Gasteiger partial charge in [0.05, 0.1) is 33.9 Å². The first-order valence-electron chi connectivity index (χ1n) is 28.4. The predicted octanol–water partition coefficient (Wildman–Crippen LogP) is 9.09. The highest BCUT2D eigenvalue weighted by Crippen LogP contribution is 2.40. The molecule has 0 saturated carbocycles. The lowest BCUT2D eigenvalue weighted by atomic mass is 9.83. The molecule has 0 aliphatic carbocycles. The molecule has 2 amide bonds. The fraction of sp³-hybridized carbons (Fsp3) is 0.483. The van der Waals surface area contributed by atoms with Crippen LogP contribution in [0.15, 0.2) is 76.9 Å². The van der Waals surface area contributed by atoms with E-state index in [2.05, 4.69) is 72.4 Å². The summed E-state index contributed by atoms with van der Waals surface area (Å²) in [7, 11) is 0. The number of rotatable bonds is 17. The minimum absolute atomic E-state index is 0.0667. The van der Waals surface area contributed by atoms with Crippen molar-refractivity contribution in [2.45, 2.75) is 110 Å². The van der Waals surface area contributed by atoms with Crippen molar-refractivity contribution in [3.8, 4) is 27.4 Å². The van der Waals surface area contributed by atoms with Crippen LogP contribution in [0.1, 0.15) is 94.3 Å². The van der Waals surface area contributed by atoms with Crippen LogP contribution in [-0.4, -0.2) is 135 Å². The molecule has 5 aliphatic rings. The molecular weight excluding hydrogens is 1000 g/mol. The third-order valence-electron chi connectivity index (χ3n) is 17.4. The van der Waals surface area contributed by atoms with Crippen molar-refractivity contribution in [2.75, 3.05) is 80.1 Å². The summed E-state index contributed by atoms with van der Waals surface area (Å²) in [5.41, 5.74) is 7.04. The maximum absolute atomic E-state index is 17.3. The molecule has 4 unspecified atom stereocenters. The summed E-state index contributed by atoms with van der Waals surface area (Å²) in [6.45, 7) is 16.4. The fourth-order valence-electron chi connectivity index (χ4n) is 13.0. The molecule has 0 radical (unpaired) electrons. The first kappa shape index (κ1) is 52.0. The zero-order chi connectivity index (χ0) is 53.6. The Balaban J connectivity index is 0.634. The van der Waals surface area contributed by atoms with Crippen molar-refractivity contribution in [3.05, 3.63) is 101 Å². The number of pyridine rings is 1. The number of nitrogens with one attached hydrogen (secondary N) is 2. The van der Waals surface area contributed by atoms with E-state index in [4.69, 9.17) is 19.5 Å². The number of benzene rings is 3. The van der Waals surface area contributed by atoms with Gasteiger partial charge in [0, 0.05) is 82.3 Å². The summed E-state index contributed by atoms with van der Waals surface area (Å²) in [5, 5.41) is 24.4. The Morgan fingerprint density at radius 2 is 1.73 bits per heavy atom. The standard InChI is InChI=1S/C60H71FN12O4S/c1-5-40-9-7-10-43-26-46(74)27-48(53(40)43)55-54(61)56-49(30-62-55)58(72-33-44-16-17-45(34-72)65-44)67-60(66-56)70(6-2)24-23-69-21-18-38(19-22-69)25-39-31-71(32-39)51-28-47(77-68-51)29-52(75)73-20-8-11-50(73)59(76)64-36(3)41-12-14-42(15-13-41)57-37(4)63-35-78-57/h7,9-10,12-15,26-28,30,35-36,38-39,44-45,50,65,74H,5-6,8,11,16-25,29,31-34H2,1-4H3,(H,64,76). The molecule has 5 fully saturated rings. The van der Waals surface area contributed by atoms with Gasteiger partial charge in [0.2, 0.25) is 17.8 Å². The Kier molecular flexibility index (Phi) is 14.8. The summed E-state index contributed by atoms with van der Waals surface area (Å²) in [5.74, 6) is 3.08. The number of phenols is 1. The number of likely N-dealkylation sites (tertiary alicyclic amines) is 2. The summed E-state index contributed by atoms with van der Waals surface area (Å²) >= 11 is 1.62. The zero-order valence-electron chi connectivity index (χ0n) is 45.3. The molecule has 12 rings (SSSR count). The second-order valence-electron chi connectivity index (χ2n) is 22.5. The lowest BCUT2D eigenvalue weighted by molar-refractivity contribution is -0.138. The van der Waals surface area contributed by atoms with E-state index in [0.717, 1.165) is 141 Å². The molecule has 16 nitrogen and oxygen atoms in total. The molecule has 4 aromatic heterocycles. The number of aromatic hydroxyl groups is 1. The average molecular weight is 1080 g/mol. The number of fused-ring (bicyclic) bond motifs is 4. The van der Waals surface area contributed by atoms with Gasteiger partial charge in [-0.25, -0.2) is 14.4 Å². The van der Waals surface area contributed by atoms with Gasteiger partial charge < -0.3 is 44.8 Å². The SMILES string of the molecule is CCc1cccc2cc(O)cc(-c3ncc4c(N5CC6CCC(C5)N6)nc(N(CC)CCN5CCC(CC6CN(c7cc(CC(=O)N8CCCC8C(=O)NC(C)c8ccc(-c9scnc9C)cc8)on7)C6)CC5)nc4c3F)c12. The predicted molar refractivity (Wildman–Crippen MR) is 305 cm³/mol. The van der Waals surface area contributed by atoms with Crippen molar-refractivity contribution in [1.29, 1.82) is 0 Å². The van der Waals surface area contributed by atoms with Gasteiger partial charge in [-0.05, 0) is 137 Å². The number of aromatic nitrogens is 5. The van der Waals surface area contributed by atoms with Crippen molar-refractivity contribution < 1.29 is 23.6 Å². The molecule has 5 aliphatic heterocycles. The number of nitrogens with zero attached hydrogens (tertiary/aromatic N) is 10. The van der Waals surface area contributed by atoms with E-state index in [1.807, 2.05) is 49.7 Å². The van der Waals surface area contributed by atoms with Crippen molar-refractivity contribution in [2.24, 2.45) is 11.8 Å². The number of phenolic OH excluding ortho intramolecular Hbond substituents is 1. The van der Waals surface area contributed by atoms with Gasteiger partial charge in [-0.1, -0.05) is 54.5 Å². The number of amides is 2. The van der Waals surface area contributed by atoms with Crippen molar-refractivity contribution in [3.63, 3.8) is 0 Å². The van der Waals surface area contributed by atoms with Crippen LogP contribution in [0, 0.1) is 24.6 Å². The number of carbonyl (C=O) groups is 2. The lowest BCUT2D eigenvalue weighted by Crippen LogP contribution is -2.51. The maximum atomic E-state index is 17.3. The number of anilines is 3. The number of halogens is 1. The van der Waals surface area contributed by atoms with Crippen LogP contribution in [0.2, 0.25) is 0 Å². The van der Waals surface area contributed by atoms with Gasteiger partial charge in [0.15, 0.2) is 11.6 Å². The summed E-state index contributed by atoms with van der Waals surface area (Å²) in [6.07, 6.45) is 9.65. The molecule has 78 heavy (non-hydrogen) atoms. The number of hydrogen-bond donors (Lipinski definition) is 3. The van der Waals surface area contributed by atoms with Crippen LogP contribution in [-0.2, 0) is 22.4 Å². The molecule has 4 atom stereocenters. The lowest BCUT2D eigenvalue weighted by Gasteiger charge is -2.42. The summed E-state index contributed by atoms with van der Waals surface area (Å²) in [4.78, 5) is 58.7. The molecule has 7 aromatic rings. The molecule has 2 bridgehead atoms. The Morgan fingerprint density at radius 1 is 0.936 bits per heavy atom. The van der Waals surface area contributed by atoms with Gasteiger partial charge >= 0.3 is 0 Å². The maximum Gasteiger partial charge on any atom is 0.243 e. The number of likely N-dealkylation sites (N-methyl/N-ethyl adjacent to an activating group) is 1. The van der Waals surface area contributed by atoms with Crippen LogP contribution in [0.5, 0.6) is 5.75 Å². The second-order valence-corrected chi connectivity index (χ2v) is 23.4. The first-order chi connectivity index (χ1) is 38.0. The van der Waals surface area contributed by atoms with Crippen LogP contribution in [0.4, 0.5) is 22.0 Å². The molecular formula is C60H71FN12O4S. The Morgan fingerprint density at radius 3 is 2.47 bits per heavy atom. The Bertz CT molecular complexity index is 3310. The molecule has 408 valence electrons. The molecule has 5 saturated heterocycles. The summed E-state index contributed by atoms with van der Waals surface area (Å²) in [6, 6.07) is 19.5. The smallest absolute Gasteiger partial charge is 0.243 e. The highest BCUT2D eigenvalue weighted by molar-refractivity contribution is 7.13. The number of aryl methyl sites for hydroxylation is 2. The molecule has 3 aromatic carbocycles. The number of hydrogen-bond acceptors (Lipinski definition) is 15. The minimum Gasteiger partial charge on any atom is -0.508 e. The number of piperidine rings is 1. The van der Waals surface area contributed by atoms with Gasteiger partial charge in [0.1, 0.15) is 34.6 Å². The van der Waals surface area contributed by atoms with E-state index in [1.54, 1.807) is 34.6 Å². The minimum atomic E-state index is -0.512. The third-order valence-corrected chi connectivity index (χ3v) is 18.4. The van der Waals surface area contributed by atoms with E-state index < -0.39 is 11.9 Å². The number of piperazine rings is 1. The van der Waals surface area contributed by atoms with E-state index >= 15 is 4.39 Å². The van der Waals surface area contributed by atoms with E-state index in [0.29, 0.717) is 66.1 Å². The van der Waals surface area contributed by atoms with E-state index in [1.165, 1.54) is 6.42 Å². The van der Waals surface area contributed by atoms with Crippen LogP contribution in [0.3, 0.4) is 0 Å². The first-order valence-corrected chi connectivity index (χ1v) is 29.2. The number of thiazole rings is 1. The van der Waals surface area contributed by atoms with Gasteiger partial charge in [0.25, 0.3) is 0 Å². The monoisotopic (exact) mass is 1070 g/mol. The number of carbonyl (C=O) groups excluding carboxylic acids is 2. The van der Waals surface area contributed by atoms with Gasteiger partial charge in [-0.2, -0.15) is 4.98 Å². The van der Waals surface area contributed by atoms with Gasteiger partial charge in [-0.15, -0.1) is 11.3 Å². The zero-order valence-corrected chi connectivity index (χ0v) is 46.1. The third kappa shape index (κ3) is 10.5. The highest BCUT2D eigenvalue weighted by atomic mass is 32.1. The van der Waals surface area contributed by atoms with Crippen molar-refractivity contribution in [1.82, 2.24) is 45.5 Å². The second kappa shape index (κ2) is 22.2. The van der Waals surface area contributed by atoms with E-state index in [9.17, 15) is 14.7 Å². The van der Waals surface area contributed by atoms with Crippen LogP contribution >= 0.6 is 11.3 Å². The van der Waals surface area contributed by atoms with Crippen LogP contribution in [0.25, 0.3) is 43.4 Å². The Labute approximate surface area is 459 Å². The van der Waals surface area contributed by atoms with Gasteiger partial charge in [-0.3, -0.25) is 14.6 Å². The topological polar surface area (TPSA) is 172 Å². The Hall–Kier alpha value is -6.76. The molecule has 0 spiro atoms. The normalized spacial score (nSPS) is 20.5. The van der Waals surface area contributed by atoms with Crippen molar-refractivity contribution >= 4 is 62.4 Å². The molecule has 18 heteroatoms. The van der Waals surface area contributed by atoms with Crippen LogP contribution < -0.4 is 25.3 Å². The average Bonchev–Trinajstić information content (AvgIpc) is 4.36. The largest absolute Gasteiger partial charge is 0.508 e. The molecule has 3 N–H and O–H groups in total.